The van der Waals surface area contributed by atoms with E-state index >= 15 is 4.79 Å². The zero-order valence-electron chi connectivity index (χ0n) is 25.1. The van der Waals surface area contributed by atoms with Gasteiger partial charge >= 0.3 is 5.69 Å². The number of nitrogens with one attached hydrogen (secondary N) is 1. The third kappa shape index (κ3) is 3.69. The van der Waals surface area contributed by atoms with Gasteiger partial charge in [-0.1, -0.05) is 24.6 Å². The molecule has 1 N–H and O–H groups in total. The number of carbonyl (C=O) groups excluding carboxylic acids is 2. The predicted molar refractivity (Wildman–Crippen MR) is 160 cm³/mol. The SMILES string of the molecule is COc1ccc(C2C3=C(CC(C)C4(Oc5c(Cl)c(OC)cc(OC)c5C4=O)C3=O)Nc3c2c(=O)n(C)c(=O)n3C)c(OC)c1. The molecule has 6 rings (SSSR count). The number of Topliss-reactive ketones (excluding diaryl/α,β-unsaturated/α-hetero) is 2. The van der Waals surface area contributed by atoms with E-state index in [-0.39, 0.29) is 51.2 Å². The van der Waals surface area contributed by atoms with Crippen molar-refractivity contribution >= 4 is 29.0 Å². The molecule has 0 radical (unpaired) electrons. The normalized spacial score (nSPS) is 21.7. The summed E-state index contributed by atoms with van der Waals surface area (Å²) in [5, 5.41) is 3.22. The van der Waals surface area contributed by atoms with Gasteiger partial charge in [-0.25, -0.2) is 4.79 Å². The molecule has 2 aliphatic heterocycles. The van der Waals surface area contributed by atoms with Gasteiger partial charge in [0.25, 0.3) is 5.56 Å². The van der Waals surface area contributed by atoms with Gasteiger partial charge in [0, 0.05) is 49.0 Å². The molecule has 0 amide bonds. The highest BCUT2D eigenvalue weighted by molar-refractivity contribution is 6.36. The average Bonchev–Trinajstić information content (AvgIpc) is 3.35. The zero-order chi connectivity index (χ0) is 31.8. The molecule has 12 nitrogen and oxygen atoms in total. The van der Waals surface area contributed by atoms with Gasteiger partial charge in [-0.15, -0.1) is 0 Å². The summed E-state index contributed by atoms with van der Waals surface area (Å²) in [4.78, 5) is 56.2. The summed E-state index contributed by atoms with van der Waals surface area (Å²) in [6.45, 7) is 1.73. The Hall–Kier alpha value is -4.71. The molecular weight excluding hydrogens is 594 g/mol. The monoisotopic (exact) mass is 623 g/mol. The lowest BCUT2D eigenvalue weighted by atomic mass is 9.65. The van der Waals surface area contributed by atoms with Crippen molar-refractivity contribution in [1.82, 2.24) is 9.13 Å². The molecule has 3 aromatic rings. The molecule has 13 heteroatoms. The molecule has 1 aliphatic carbocycles. The molecule has 0 fully saturated rings. The number of methoxy groups -OCH3 is 4. The van der Waals surface area contributed by atoms with Gasteiger partial charge in [-0.2, -0.15) is 0 Å². The number of fused-ring (bicyclic) bond motifs is 2. The molecule has 3 heterocycles. The Morgan fingerprint density at radius 1 is 0.909 bits per heavy atom. The summed E-state index contributed by atoms with van der Waals surface area (Å²) in [7, 11) is 8.68. The second-order valence-corrected chi connectivity index (χ2v) is 11.3. The topological polar surface area (TPSA) is 136 Å². The van der Waals surface area contributed by atoms with Crippen molar-refractivity contribution in [1.29, 1.82) is 0 Å². The maximum atomic E-state index is 15.0. The van der Waals surface area contributed by atoms with Crippen LogP contribution in [-0.4, -0.2) is 54.7 Å². The quantitative estimate of drug-likeness (QED) is 0.422. The highest BCUT2D eigenvalue weighted by Gasteiger charge is 2.64. The van der Waals surface area contributed by atoms with E-state index in [1.165, 1.54) is 46.1 Å². The zero-order valence-corrected chi connectivity index (χ0v) is 25.9. The van der Waals surface area contributed by atoms with Crippen LogP contribution < -0.4 is 40.3 Å². The third-order valence-corrected chi connectivity index (χ3v) is 9.19. The van der Waals surface area contributed by atoms with Gasteiger partial charge in [0.2, 0.25) is 17.2 Å². The number of anilines is 1. The number of halogens is 1. The van der Waals surface area contributed by atoms with Crippen LogP contribution in [-0.2, 0) is 18.9 Å². The lowest BCUT2D eigenvalue weighted by molar-refractivity contribution is -0.130. The minimum atomic E-state index is -2.02. The summed E-state index contributed by atoms with van der Waals surface area (Å²) in [5.41, 5.74) is -1.96. The van der Waals surface area contributed by atoms with Crippen LogP contribution >= 0.6 is 11.6 Å². The highest BCUT2D eigenvalue weighted by atomic mass is 35.5. The molecule has 3 atom stereocenters. The van der Waals surface area contributed by atoms with Crippen LogP contribution in [0.3, 0.4) is 0 Å². The van der Waals surface area contributed by atoms with Crippen molar-refractivity contribution in [2.75, 3.05) is 33.8 Å². The summed E-state index contributed by atoms with van der Waals surface area (Å²) >= 11 is 6.62. The maximum Gasteiger partial charge on any atom is 0.332 e. The van der Waals surface area contributed by atoms with Crippen molar-refractivity contribution in [3.05, 3.63) is 78.1 Å². The fourth-order valence-electron chi connectivity index (χ4n) is 6.56. The molecular formula is C31H30ClN3O9. The number of allylic oxidation sites excluding steroid dienone is 1. The summed E-state index contributed by atoms with van der Waals surface area (Å²) in [5.74, 6) is -1.60. The Bertz CT molecular complexity index is 1940. The number of aromatic nitrogens is 2. The van der Waals surface area contributed by atoms with E-state index in [1.54, 1.807) is 32.2 Å². The Morgan fingerprint density at radius 2 is 1.59 bits per heavy atom. The number of benzene rings is 2. The molecule has 3 aliphatic rings. The van der Waals surface area contributed by atoms with Crippen LogP contribution in [0.1, 0.15) is 40.7 Å². The Kier molecular flexibility index (Phi) is 6.80. The number of carbonyl (C=O) groups is 2. The van der Waals surface area contributed by atoms with Crippen LogP contribution in [0.2, 0.25) is 5.02 Å². The first-order valence-corrected chi connectivity index (χ1v) is 14.1. The second kappa shape index (κ2) is 10.2. The molecule has 0 bridgehead atoms. The number of hydrogen-bond acceptors (Lipinski definition) is 10. The smallest absolute Gasteiger partial charge is 0.332 e. The van der Waals surface area contributed by atoms with E-state index in [0.29, 0.717) is 22.8 Å². The fourth-order valence-corrected chi connectivity index (χ4v) is 6.82. The number of rotatable bonds is 5. The van der Waals surface area contributed by atoms with Crippen molar-refractivity contribution in [3.63, 3.8) is 0 Å². The van der Waals surface area contributed by atoms with Crippen molar-refractivity contribution in [2.45, 2.75) is 24.9 Å². The van der Waals surface area contributed by atoms with E-state index in [2.05, 4.69) is 5.32 Å². The summed E-state index contributed by atoms with van der Waals surface area (Å²) in [6.07, 6.45) is 0.162. The Balaban J connectivity index is 1.64. The first-order valence-electron chi connectivity index (χ1n) is 13.7. The highest BCUT2D eigenvalue weighted by Crippen LogP contribution is 2.56. The molecule has 0 saturated heterocycles. The number of ketones is 2. The second-order valence-electron chi connectivity index (χ2n) is 10.9. The van der Waals surface area contributed by atoms with Gasteiger partial charge in [0.15, 0.2) is 5.75 Å². The van der Waals surface area contributed by atoms with E-state index in [0.717, 1.165) is 4.57 Å². The number of hydrogen-bond donors (Lipinski definition) is 1. The van der Waals surface area contributed by atoms with E-state index < -0.39 is 40.3 Å². The van der Waals surface area contributed by atoms with E-state index in [1.807, 2.05) is 0 Å². The van der Waals surface area contributed by atoms with Crippen molar-refractivity contribution in [3.8, 4) is 28.7 Å². The van der Waals surface area contributed by atoms with Crippen LogP contribution in [0, 0.1) is 5.92 Å². The van der Waals surface area contributed by atoms with Gasteiger partial charge < -0.3 is 29.0 Å². The minimum absolute atomic E-state index is 0.0156. The summed E-state index contributed by atoms with van der Waals surface area (Å²) < 4.78 is 30.6. The molecule has 1 aromatic heterocycles. The first kappa shape index (κ1) is 29.4. The van der Waals surface area contributed by atoms with E-state index in [9.17, 15) is 14.4 Å². The molecule has 1 spiro atoms. The maximum absolute atomic E-state index is 15.0. The van der Waals surface area contributed by atoms with Gasteiger partial charge in [-0.05, 0) is 12.5 Å². The first-order chi connectivity index (χ1) is 21.0. The minimum Gasteiger partial charge on any atom is -0.497 e. The van der Waals surface area contributed by atoms with Gasteiger partial charge in [0.05, 0.1) is 39.9 Å². The molecule has 2 aromatic carbocycles. The van der Waals surface area contributed by atoms with Crippen molar-refractivity contribution in [2.24, 2.45) is 20.0 Å². The molecule has 44 heavy (non-hydrogen) atoms. The summed E-state index contributed by atoms with van der Waals surface area (Å²) in [6, 6.07) is 6.49. The average molecular weight is 624 g/mol. The van der Waals surface area contributed by atoms with Crippen molar-refractivity contribution < 1.29 is 33.3 Å². The van der Waals surface area contributed by atoms with Crippen LogP contribution in [0.5, 0.6) is 28.7 Å². The van der Waals surface area contributed by atoms with Crippen LogP contribution in [0.15, 0.2) is 45.1 Å². The predicted octanol–water partition coefficient (Wildman–Crippen LogP) is 3.21. The fraction of sp³-hybridized carbons (Fsp3) is 0.355. The molecule has 0 saturated carbocycles. The number of ether oxygens (including phenoxy) is 5. The number of nitrogens with zero attached hydrogens (tertiary/aromatic N) is 2. The van der Waals surface area contributed by atoms with Gasteiger partial charge in [-0.3, -0.25) is 23.5 Å². The lowest BCUT2D eigenvalue weighted by Gasteiger charge is -2.42. The van der Waals surface area contributed by atoms with E-state index in [4.69, 9.17) is 35.3 Å². The van der Waals surface area contributed by atoms with Crippen LogP contribution in [0.4, 0.5) is 5.82 Å². The van der Waals surface area contributed by atoms with Crippen LogP contribution in [0.25, 0.3) is 0 Å². The largest absolute Gasteiger partial charge is 0.497 e. The lowest BCUT2D eigenvalue weighted by Crippen LogP contribution is -2.58. The Morgan fingerprint density at radius 3 is 2.23 bits per heavy atom. The molecule has 230 valence electrons. The molecule has 3 unspecified atom stereocenters. The van der Waals surface area contributed by atoms with Gasteiger partial charge in [0.1, 0.15) is 39.4 Å². The Labute approximate surface area is 256 Å². The third-order valence-electron chi connectivity index (χ3n) is 8.83. The standard InChI is InChI=1S/C31H30ClN3O9/c1-13-10-16-21(26(36)31(13)27(37)22-18(42-6)12-19(43-7)24(32)25(22)44-31)20(15-9-8-14(40-4)11-17(15)41-5)23-28(33-16)34(2)30(39)35(3)29(23)38/h8-9,11-13,20,33H,10H2,1-7H3.